The smallest absolute Gasteiger partial charge is 0.264 e. The number of amides is 1. The number of nitrogens with one attached hydrogen (secondary N) is 2. The predicted molar refractivity (Wildman–Crippen MR) is 119 cm³/mol. The number of aryl methyl sites for hydroxylation is 1. The zero-order valence-corrected chi connectivity index (χ0v) is 19.1. The molecular formula is C23H34N4O3. The van der Waals surface area contributed by atoms with E-state index in [0.29, 0.717) is 18.1 Å². The highest BCUT2D eigenvalue weighted by molar-refractivity contribution is 5.94. The molecule has 1 aromatic carbocycles. The lowest BCUT2D eigenvalue weighted by atomic mass is 9.95. The second-order valence-electron chi connectivity index (χ2n) is 8.35. The van der Waals surface area contributed by atoms with Crippen LogP contribution in [0.1, 0.15) is 68.1 Å². The Morgan fingerprint density at radius 3 is 2.47 bits per heavy atom. The molecule has 7 nitrogen and oxygen atoms in total. The van der Waals surface area contributed by atoms with E-state index in [0.717, 1.165) is 24.4 Å². The van der Waals surface area contributed by atoms with E-state index < -0.39 is 11.5 Å². The number of aromatic nitrogens is 2. The molecule has 2 rings (SSSR count). The van der Waals surface area contributed by atoms with E-state index >= 15 is 0 Å². The lowest BCUT2D eigenvalue weighted by Gasteiger charge is -2.30. The van der Waals surface area contributed by atoms with Crippen molar-refractivity contribution in [3.63, 3.8) is 0 Å². The highest BCUT2D eigenvalue weighted by atomic mass is 16.5. The summed E-state index contributed by atoms with van der Waals surface area (Å²) in [7, 11) is 1.64. The minimum atomic E-state index is -0.415. The van der Waals surface area contributed by atoms with E-state index in [9.17, 15) is 9.59 Å². The molecule has 164 valence electrons. The van der Waals surface area contributed by atoms with Gasteiger partial charge in [0.05, 0.1) is 18.8 Å². The standard InChI is InChI=1S/C23H34N4O3/c1-8-27(9-2)18(16-11-10-12-17(13-16)30-7)14-24-20(28)19-15(3)25-22(23(4,5)6)26-21(19)29/h10-13,18H,8-9,14H2,1-7H3,(H,24,28)(H,25,26,29). The first-order valence-corrected chi connectivity index (χ1v) is 10.4. The summed E-state index contributed by atoms with van der Waals surface area (Å²) >= 11 is 0. The number of rotatable bonds is 8. The van der Waals surface area contributed by atoms with E-state index in [1.54, 1.807) is 14.0 Å². The molecular weight excluding hydrogens is 380 g/mol. The van der Waals surface area contributed by atoms with Crippen LogP contribution in [0.15, 0.2) is 29.1 Å². The number of likely N-dealkylation sites (N-methyl/N-ethyl adjacent to an activating group) is 1. The fraction of sp³-hybridized carbons (Fsp3) is 0.522. The first-order chi connectivity index (χ1) is 14.1. The zero-order valence-electron chi connectivity index (χ0n) is 19.1. The Morgan fingerprint density at radius 2 is 1.93 bits per heavy atom. The molecule has 0 aliphatic rings. The van der Waals surface area contributed by atoms with Crippen LogP contribution in [0.5, 0.6) is 5.75 Å². The van der Waals surface area contributed by atoms with Crippen LogP contribution in [0.2, 0.25) is 0 Å². The Bertz CT molecular complexity index is 927. The lowest BCUT2D eigenvalue weighted by molar-refractivity contribution is 0.0932. The molecule has 0 saturated heterocycles. The molecule has 0 aliphatic carbocycles. The minimum Gasteiger partial charge on any atom is -0.497 e. The number of aromatic amines is 1. The van der Waals surface area contributed by atoms with E-state index in [-0.39, 0.29) is 17.0 Å². The monoisotopic (exact) mass is 414 g/mol. The number of carbonyl (C=O) groups is 1. The van der Waals surface area contributed by atoms with Crippen molar-refractivity contribution in [1.29, 1.82) is 0 Å². The summed E-state index contributed by atoms with van der Waals surface area (Å²) in [5, 5.41) is 2.94. The Hall–Kier alpha value is -2.67. The Kier molecular flexibility index (Phi) is 7.78. The topological polar surface area (TPSA) is 87.3 Å². The molecule has 0 spiro atoms. The summed E-state index contributed by atoms with van der Waals surface area (Å²) in [5.74, 6) is 0.922. The van der Waals surface area contributed by atoms with Crippen LogP contribution >= 0.6 is 0 Å². The van der Waals surface area contributed by atoms with Gasteiger partial charge in [-0.25, -0.2) is 4.98 Å². The summed E-state index contributed by atoms with van der Waals surface area (Å²) in [5.41, 5.74) is 0.823. The first kappa shape index (κ1) is 23.6. The van der Waals surface area contributed by atoms with Crippen molar-refractivity contribution in [1.82, 2.24) is 20.2 Å². The molecule has 2 aromatic rings. The van der Waals surface area contributed by atoms with Crippen LogP contribution < -0.4 is 15.6 Å². The molecule has 0 radical (unpaired) electrons. The molecule has 1 amide bonds. The zero-order chi connectivity index (χ0) is 22.5. The van der Waals surface area contributed by atoms with Gasteiger partial charge in [-0.05, 0) is 37.7 Å². The molecule has 1 aromatic heterocycles. The summed E-state index contributed by atoms with van der Waals surface area (Å²) in [4.78, 5) is 35.0. The van der Waals surface area contributed by atoms with Gasteiger partial charge in [-0.1, -0.05) is 46.8 Å². The van der Waals surface area contributed by atoms with Crippen LogP contribution in [-0.2, 0) is 5.41 Å². The fourth-order valence-electron chi connectivity index (χ4n) is 3.46. The van der Waals surface area contributed by atoms with Gasteiger partial charge < -0.3 is 15.0 Å². The average Bonchev–Trinajstić information content (AvgIpc) is 2.69. The number of benzene rings is 1. The molecule has 7 heteroatoms. The largest absolute Gasteiger partial charge is 0.497 e. The number of hydrogen-bond donors (Lipinski definition) is 2. The molecule has 0 fully saturated rings. The second kappa shape index (κ2) is 9.89. The normalized spacial score (nSPS) is 12.7. The van der Waals surface area contributed by atoms with Crippen molar-refractivity contribution in [2.24, 2.45) is 0 Å². The van der Waals surface area contributed by atoms with Crippen molar-refractivity contribution < 1.29 is 9.53 Å². The maximum absolute atomic E-state index is 12.9. The quantitative estimate of drug-likeness (QED) is 0.693. The third kappa shape index (κ3) is 5.48. The highest BCUT2D eigenvalue weighted by Crippen LogP contribution is 2.24. The Labute approximate surface area is 178 Å². The van der Waals surface area contributed by atoms with Crippen LogP contribution in [0.25, 0.3) is 0 Å². The van der Waals surface area contributed by atoms with E-state index in [4.69, 9.17) is 4.74 Å². The Morgan fingerprint density at radius 1 is 1.27 bits per heavy atom. The van der Waals surface area contributed by atoms with Gasteiger partial charge in [-0.2, -0.15) is 0 Å². The number of ether oxygens (including phenoxy) is 1. The average molecular weight is 415 g/mol. The summed E-state index contributed by atoms with van der Waals surface area (Å²) < 4.78 is 5.36. The molecule has 0 saturated carbocycles. The first-order valence-electron chi connectivity index (χ1n) is 10.4. The molecule has 1 heterocycles. The maximum atomic E-state index is 12.9. The number of H-pyrrole nitrogens is 1. The van der Waals surface area contributed by atoms with Gasteiger partial charge in [0.1, 0.15) is 17.1 Å². The van der Waals surface area contributed by atoms with Crippen molar-refractivity contribution in [2.45, 2.75) is 53.0 Å². The molecule has 0 bridgehead atoms. The molecule has 1 atom stereocenters. The van der Waals surface area contributed by atoms with Crippen LogP contribution in [0, 0.1) is 6.92 Å². The van der Waals surface area contributed by atoms with Crippen molar-refractivity contribution in [3.05, 3.63) is 57.3 Å². The van der Waals surface area contributed by atoms with Gasteiger partial charge >= 0.3 is 0 Å². The van der Waals surface area contributed by atoms with Crippen molar-refractivity contribution in [3.8, 4) is 5.75 Å². The molecule has 0 aliphatic heterocycles. The number of hydrogen-bond acceptors (Lipinski definition) is 5. The molecule has 30 heavy (non-hydrogen) atoms. The van der Waals surface area contributed by atoms with Gasteiger partial charge in [0.25, 0.3) is 11.5 Å². The van der Waals surface area contributed by atoms with E-state index in [1.807, 2.05) is 45.0 Å². The minimum absolute atomic E-state index is 0.0414. The number of carbonyl (C=O) groups excluding carboxylic acids is 1. The maximum Gasteiger partial charge on any atom is 0.264 e. The number of methoxy groups -OCH3 is 1. The third-order valence-corrected chi connectivity index (χ3v) is 5.23. The van der Waals surface area contributed by atoms with Crippen LogP contribution in [0.4, 0.5) is 0 Å². The highest BCUT2D eigenvalue weighted by Gasteiger charge is 2.24. The van der Waals surface area contributed by atoms with Gasteiger partial charge in [-0.3, -0.25) is 14.5 Å². The van der Waals surface area contributed by atoms with Crippen molar-refractivity contribution >= 4 is 5.91 Å². The SMILES string of the molecule is CCN(CC)C(CNC(=O)c1c(C)nc(C(C)(C)C)[nH]c1=O)c1cccc(OC)c1. The summed E-state index contributed by atoms with van der Waals surface area (Å²) in [6.07, 6.45) is 0. The fourth-order valence-corrected chi connectivity index (χ4v) is 3.46. The second-order valence-corrected chi connectivity index (χ2v) is 8.35. The van der Waals surface area contributed by atoms with Gasteiger partial charge in [0.15, 0.2) is 0 Å². The van der Waals surface area contributed by atoms with Crippen LogP contribution in [-0.4, -0.2) is 47.5 Å². The Balaban J connectivity index is 2.29. The van der Waals surface area contributed by atoms with Gasteiger partial charge in [-0.15, -0.1) is 0 Å². The molecule has 2 N–H and O–H groups in total. The van der Waals surface area contributed by atoms with Gasteiger partial charge in [0.2, 0.25) is 0 Å². The lowest BCUT2D eigenvalue weighted by Crippen LogP contribution is -2.40. The van der Waals surface area contributed by atoms with Gasteiger partial charge in [0, 0.05) is 12.0 Å². The van der Waals surface area contributed by atoms with Crippen molar-refractivity contribution in [2.75, 3.05) is 26.7 Å². The summed E-state index contributed by atoms with van der Waals surface area (Å²) in [6, 6.07) is 7.80. The predicted octanol–water partition coefficient (Wildman–Crippen LogP) is 3.20. The summed E-state index contributed by atoms with van der Waals surface area (Å²) in [6.45, 7) is 13.8. The van der Waals surface area contributed by atoms with Crippen LogP contribution in [0.3, 0.4) is 0 Å². The number of nitrogens with zero attached hydrogens (tertiary/aromatic N) is 2. The third-order valence-electron chi connectivity index (χ3n) is 5.23. The molecule has 1 unspecified atom stereocenters. The van der Waals surface area contributed by atoms with E-state index in [1.165, 1.54) is 0 Å². The van der Waals surface area contributed by atoms with E-state index in [2.05, 4.69) is 34.0 Å².